The molecule has 0 aromatic heterocycles. The molecule has 25 heavy (non-hydrogen) atoms. The first-order valence-corrected chi connectivity index (χ1v) is 8.25. The van der Waals surface area contributed by atoms with Crippen LogP contribution in [-0.2, 0) is 19.1 Å². The highest BCUT2D eigenvalue weighted by molar-refractivity contribution is 6.03. The highest BCUT2D eigenvalue weighted by Gasteiger charge is 2.49. The van der Waals surface area contributed by atoms with Gasteiger partial charge in [0, 0.05) is 0 Å². The molecule has 0 radical (unpaired) electrons. The van der Waals surface area contributed by atoms with E-state index < -0.39 is 34.9 Å². The molecule has 138 valence electrons. The minimum atomic E-state index is -1.58. The first-order chi connectivity index (χ1) is 11.5. The molecule has 1 amide bonds. The fourth-order valence-electron chi connectivity index (χ4n) is 2.38. The summed E-state index contributed by atoms with van der Waals surface area (Å²) >= 11 is 0. The Hall–Kier alpha value is -2.37. The number of Topliss-reactive ketones (excluding diaryl/α,β-unsaturated/α-hetero) is 1. The fraction of sp³-hybridized carbons (Fsp3) is 0.526. The molecule has 0 bridgehead atoms. The van der Waals surface area contributed by atoms with Gasteiger partial charge in [-0.25, -0.2) is 4.79 Å². The second-order valence-corrected chi connectivity index (χ2v) is 6.97. The average Bonchev–Trinajstić information content (AvgIpc) is 2.51. The summed E-state index contributed by atoms with van der Waals surface area (Å²) in [6.45, 7) is 9.79. The molecular formula is C19H27NO5. The van der Waals surface area contributed by atoms with Crippen LogP contribution in [0.15, 0.2) is 30.3 Å². The number of hydrogen-bond acceptors (Lipinski definition) is 5. The molecule has 1 aromatic carbocycles. The van der Waals surface area contributed by atoms with E-state index in [1.165, 1.54) is 13.8 Å². The molecule has 0 unspecified atom stereocenters. The first-order valence-electron chi connectivity index (χ1n) is 8.25. The Morgan fingerprint density at radius 1 is 1.08 bits per heavy atom. The van der Waals surface area contributed by atoms with Crippen LogP contribution in [0.3, 0.4) is 0 Å². The van der Waals surface area contributed by atoms with Crippen molar-refractivity contribution >= 4 is 17.8 Å². The van der Waals surface area contributed by atoms with Crippen LogP contribution in [0.1, 0.15) is 53.1 Å². The summed E-state index contributed by atoms with van der Waals surface area (Å²) in [5.41, 5.74) is -1.67. The van der Waals surface area contributed by atoms with E-state index in [4.69, 9.17) is 9.47 Å². The number of carbonyl (C=O) groups is 3. The number of esters is 1. The van der Waals surface area contributed by atoms with Crippen LogP contribution in [0.4, 0.5) is 4.79 Å². The number of alkyl carbamates (subject to hydrolysis) is 1. The third kappa shape index (κ3) is 5.31. The number of carbonyl (C=O) groups excluding carboxylic acids is 3. The number of benzene rings is 1. The van der Waals surface area contributed by atoms with Gasteiger partial charge in [-0.3, -0.25) is 9.59 Å². The number of rotatable bonds is 6. The van der Waals surface area contributed by atoms with Crippen molar-refractivity contribution in [3.63, 3.8) is 0 Å². The first kappa shape index (κ1) is 20.7. The molecule has 6 heteroatoms. The fourth-order valence-corrected chi connectivity index (χ4v) is 2.38. The normalized spacial score (nSPS) is 14.8. The van der Waals surface area contributed by atoms with Gasteiger partial charge in [0.1, 0.15) is 16.8 Å². The van der Waals surface area contributed by atoms with Gasteiger partial charge in [0.25, 0.3) is 0 Å². The third-order valence-electron chi connectivity index (χ3n) is 3.80. The lowest BCUT2D eigenvalue weighted by molar-refractivity contribution is -0.160. The van der Waals surface area contributed by atoms with E-state index in [9.17, 15) is 14.4 Å². The summed E-state index contributed by atoms with van der Waals surface area (Å²) in [5, 5.41) is 2.67. The van der Waals surface area contributed by atoms with Gasteiger partial charge in [0.2, 0.25) is 0 Å². The SMILES string of the molecule is CCOC(=O)[C@@](C)(C(C)=O)[C@H](NC(=O)OC(C)(C)C)c1ccccc1. The van der Waals surface area contributed by atoms with Gasteiger partial charge in [-0.1, -0.05) is 30.3 Å². The topological polar surface area (TPSA) is 81.7 Å². The lowest BCUT2D eigenvalue weighted by Crippen LogP contribution is -2.50. The second kappa shape index (κ2) is 8.14. The standard InChI is InChI=1S/C19H27NO5/c1-7-24-16(22)19(6,13(2)21)15(14-11-9-8-10-12-14)20-17(23)25-18(3,4)5/h8-12,15H,7H2,1-6H3,(H,20,23)/t15-,19+/m1/s1. The molecule has 0 aliphatic carbocycles. The maximum atomic E-state index is 12.6. The van der Waals surface area contributed by atoms with Crippen molar-refractivity contribution in [2.24, 2.45) is 5.41 Å². The van der Waals surface area contributed by atoms with Gasteiger partial charge in [0.05, 0.1) is 12.6 Å². The predicted molar refractivity (Wildman–Crippen MR) is 94.0 cm³/mol. The van der Waals surface area contributed by atoms with Gasteiger partial charge in [-0.2, -0.15) is 0 Å². The third-order valence-corrected chi connectivity index (χ3v) is 3.80. The number of amides is 1. The van der Waals surface area contributed by atoms with Crippen molar-refractivity contribution in [2.75, 3.05) is 6.61 Å². The van der Waals surface area contributed by atoms with Crippen LogP contribution in [0.2, 0.25) is 0 Å². The molecule has 1 aromatic rings. The highest BCUT2D eigenvalue weighted by atomic mass is 16.6. The molecule has 0 saturated heterocycles. The van der Waals surface area contributed by atoms with E-state index in [1.807, 2.05) is 6.07 Å². The van der Waals surface area contributed by atoms with Gasteiger partial charge >= 0.3 is 12.1 Å². The molecular weight excluding hydrogens is 322 g/mol. The zero-order chi connectivity index (χ0) is 19.3. The largest absolute Gasteiger partial charge is 0.465 e. The summed E-state index contributed by atoms with van der Waals surface area (Å²) in [6, 6.07) is 7.91. The van der Waals surface area contributed by atoms with Crippen molar-refractivity contribution in [1.82, 2.24) is 5.32 Å². The van der Waals surface area contributed by atoms with E-state index in [0.717, 1.165) is 0 Å². The van der Waals surface area contributed by atoms with Gasteiger partial charge in [0.15, 0.2) is 0 Å². The van der Waals surface area contributed by atoms with E-state index in [1.54, 1.807) is 52.0 Å². The summed E-state index contributed by atoms with van der Waals surface area (Å²) in [6.07, 6.45) is -0.710. The van der Waals surface area contributed by atoms with Crippen LogP contribution in [0.5, 0.6) is 0 Å². The predicted octanol–water partition coefficient (Wildman–Crippen LogP) is 3.41. The second-order valence-electron chi connectivity index (χ2n) is 6.97. The Labute approximate surface area is 148 Å². The van der Waals surface area contributed by atoms with Gasteiger partial charge < -0.3 is 14.8 Å². The molecule has 0 aliphatic rings. The summed E-state index contributed by atoms with van der Waals surface area (Å²) < 4.78 is 10.4. The maximum Gasteiger partial charge on any atom is 0.408 e. The van der Waals surface area contributed by atoms with E-state index in [0.29, 0.717) is 5.56 Å². The minimum Gasteiger partial charge on any atom is -0.465 e. The van der Waals surface area contributed by atoms with Crippen LogP contribution >= 0.6 is 0 Å². The van der Waals surface area contributed by atoms with Crippen molar-refractivity contribution in [1.29, 1.82) is 0 Å². The lowest BCUT2D eigenvalue weighted by atomic mass is 9.75. The average molecular weight is 349 g/mol. The van der Waals surface area contributed by atoms with E-state index in [2.05, 4.69) is 5.32 Å². The number of ketones is 1. The molecule has 0 spiro atoms. The van der Waals surface area contributed by atoms with Crippen LogP contribution in [-0.4, -0.2) is 30.1 Å². The highest BCUT2D eigenvalue weighted by Crippen LogP contribution is 2.36. The van der Waals surface area contributed by atoms with Crippen molar-refractivity contribution < 1.29 is 23.9 Å². The molecule has 2 atom stereocenters. The quantitative estimate of drug-likeness (QED) is 0.629. The Morgan fingerprint density at radius 3 is 2.08 bits per heavy atom. The summed E-state index contributed by atoms with van der Waals surface area (Å²) in [4.78, 5) is 37.2. The van der Waals surface area contributed by atoms with Gasteiger partial charge in [-0.15, -0.1) is 0 Å². The Morgan fingerprint density at radius 2 is 1.64 bits per heavy atom. The Bertz CT molecular complexity index is 620. The van der Waals surface area contributed by atoms with E-state index >= 15 is 0 Å². The van der Waals surface area contributed by atoms with Crippen molar-refractivity contribution in [2.45, 2.75) is 53.2 Å². The molecule has 1 rings (SSSR count). The number of hydrogen-bond donors (Lipinski definition) is 1. The Balaban J connectivity index is 3.31. The Kier molecular flexibility index (Phi) is 6.73. The number of nitrogens with one attached hydrogen (secondary N) is 1. The zero-order valence-corrected chi connectivity index (χ0v) is 15.7. The summed E-state index contributed by atoms with van der Waals surface area (Å²) in [5.74, 6) is -1.09. The van der Waals surface area contributed by atoms with E-state index in [-0.39, 0.29) is 6.61 Å². The molecule has 0 heterocycles. The monoisotopic (exact) mass is 349 g/mol. The van der Waals surface area contributed by atoms with Crippen LogP contribution in [0, 0.1) is 5.41 Å². The van der Waals surface area contributed by atoms with Crippen molar-refractivity contribution in [3.8, 4) is 0 Å². The molecule has 1 N–H and O–H groups in total. The minimum absolute atomic E-state index is 0.135. The van der Waals surface area contributed by atoms with Crippen LogP contribution in [0.25, 0.3) is 0 Å². The van der Waals surface area contributed by atoms with Crippen LogP contribution < -0.4 is 5.32 Å². The molecule has 0 saturated carbocycles. The maximum absolute atomic E-state index is 12.6. The lowest BCUT2D eigenvalue weighted by Gasteiger charge is -2.34. The van der Waals surface area contributed by atoms with Crippen molar-refractivity contribution in [3.05, 3.63) is 35.9 Å². The van der Waals surface area contributed by atoms with Gasteiger partial charge in [-0.05, 0) is 47.1 Å². The molecule has 0 fully saturated rings. The molecule has 0 aliphatic heterocycles. The smallest absolute Gasteiger partial charge is 0.408 e. The zero-order valence-electron chi connectivity index (χ0n) is 15.7. The summed E-state index contributed by atoms with van der Waals surface area (Å²) in [7, 11) is 0. The number of ether oxygens (including phenoxy) is 2. The molecule has 6 nitrogen and oxygen atoms in total.